The zero-order chi connectivity index (χ0) is 22.5. The Hall–Kier alpha value is -2.94. The highest BCUT2D eigenvalue weighted by atomic mass is 32.2. The van der Waals surface area contributed by atoms with E-state index < -0.39 is 0 Å². The Morgan fingerprint density at radius 2 is 1.72 bits per heavy atom. The van der Waals surface area contributed by atoms with Crippen molar-refractivity contribution in [3.8, 4) is 0 Å². The summed E-state index contributed by atoms with van der Waals surface area (Å²) in [5.41, 5.74) is 3.85. The second kappa shape index (κ2) is 10.1. The third-order valence-corrected chi connectivity index (χ3v) is 6.81. The van der Waals surface area contributed by atoms with E-state index in [0.29, 0.717) is 10.2 Å². The molecule has 1 amide bonds. The van der Waals surface area contributed by atoms with Crippen molar-refractivity contribution in [2.24, 2.45) is 0 Å². The average molecular weight is 479 g/mol. The number of thiazole rings is 1. The maximum atomic E-state index is 12.7. The maximum Gasteiger partial charge on any atom is 0.239 e. The third-order valence-electron chi connectivity index (χ3n) is 4.58. The fourth-order valence-electron chi connectivity index (χ4n) is 3.01. The standard InChI is InChI=1S/C24H22N4OS3/c1-15-11-12-20-21(13-15)32-24(27-20)28-22(29)16(2)31-19-10-6-9-18(14-19)26-23(30)25-17-7-4-3-5-8-17/h3-14,16H,1-2H3,(H2,25,26,30)(H,27,28,29). The first-order valence-corrected chi connectivity index (χ1v) is 12.1. The van der Waals surface area contributed by atoms with Gasteiger partial charge in [-0.05, 0) is 74.1 Å². The van der Waals surface area contributed by atoms with Gasteiger partial charge in [0, 0.05) is 16.3 Å². The summed E-state index contributed by atoms with van der Waals surface area (Å²) in [4.78, 5) is 18.2. The number of rotatable bonds is 6. The summed E-state index contributed by atoms with van der Waals surface area (Å²) < 4.78 is 1.07. The zero-order valence-electron chi connectivity index (χ0n) is 17.6. The minimum atomic E-state index is -0.284. The number of fused-ring (bicyclic) bond motifs is 1. The molecule has 0 saturated carbocycles. The molecular formula is C24H22N4OS3. The number of aryl methyl sites for hydroxylation is 1. The Morgan fingerprint density at radius 3 is 2.53 bits per heavy atom. The average Bonchev–Trinajstić information content (AvgIpc) is 3.15. The lowest BCUT2D eigenvalue weighted by Crippen LogP contribution is -2.22. The largest absolute Gasteiger partial charge is 0.332 e. The Kier molecular flexibility index (Phi) is 7.04. The number of thiocarbonyl (C=S) groups is 1. The van der Waals surface area contributed by atoms with Crippen molar-refractivity contribution in [3.05, 3.63) is 78.4 Å². The number of benzene rings is 3. The van der Waals surface area contributed by atoms with Gasteiger partial charge in [0.15, 0.2) is 10.2 Å². The van der Waals surface area contributed by atoms with Crippen LogP contribution < -0.4 is 16.0 Å². The normalized spacial score (nSPS) is 11.7. The van der Waals surface area contributed by atoms with E-state index in [1.54, 1.807) is 0 Å². The molecule has 1 atom stereocenters. The molecule has 3 aromatic carbocycles. The number of carbonyl (C=O) groups is 1. The van der Waals surface area contributed by atoms with Crippen LogP contribution in [0.5, 0.6) is 0 Å². The van der Waals surface area contributed by atoms with E-state index in [-0.39, 0.29) is 11.2 Å². The van der Waals surface area contributed by atoms with Crippen LogP contribution in [0.3, 0.4) is 0 Å². The van der Waals surface area contributed by atoms with Crippen molar-refractivity contribution in [1.29, 1.82) is 0 Å². The zero-order valence-corrected chi connectivity index (χ0v) is 20.0. The topological polar surface area (TPSA) is 66.0 Å². The van der Waals surface area contributed by atoms with Gasteiger partial charge in [-0.2, -0.15) is 0 Å². The van der Waals surface area contributed by atoms with Crippen molar-refractivity contribution in [3.63, 3.8) is 0 Å². The number of thioether (sulfide) groups is 1. The van der Waals surface area contributed by atoms with Crippen LogP contribution in [0.1, 0.15) is 12.5 Å². The molecule has 0 aliphatic heterocycles. The van der Waals surface area contributed by atoms with Crippen molar-refractivity contribution in [2.75, 3.05) is 16.0 Å². The van der Waals surface area contributed by atoms with Gasteiger partial charge in [-0.15, -0.1) is 11.8 Å². The number of nitrogens with zero attached hydrogens (tertiary/aromatic N) is 1. The first-order valence-electron chi connectivity index (χ1n) is 10.0. The number of hydrogen-bond donors (Lipinski definition) is 3. The van der Waals surface area contributed by atoms with Crippen LogP contribution in [0.4, 0.5) is 16.5 Å². The van der Waals surface area contributed by atoms with Crippen molar-refractivity contribution < 1.29 is 4.79 Å². The second-order valence-corrected chi connectivity index (χ2v) is 10.1. The maximum absolute atomic E-state index is 12.7. The van der Waals surface area contributed by atoms with E-state index in [2.05, 4.69) is 27.0 Å². The first-order chi connectivity index (χ1) is 15.5. The highest BCUT2D eigenvalue weighted by Gasteiger charge is 2.17. The molecule has 4 rings (SSSR count). The van der Waals surface area contributed by atoms with Crippen LogP contribution in [0.25, 0.3) is 10.2 Å². The Balaban J connectivity index is 1.35. The molecule has 0 aliphatic rings. The molecule has 0 saturated heterocycles. The van der Waals surface area contributed by atoms with Gasteiger partial charge in [0.25, 0.3) is 0 Å². The number of nitrogens with one attached hydrogen (secondary N) is 3. The molecule has 1 aromatic heterocycles. The van der Waals surface area contributed by atoms with E-state index >= 15 is 0 Å². The minimum absolute atomic E-state index is 0.0783. The van der Waals surface area contributed by atoms with Gasteiger partial charge in [-0.25, -0.2) is 4.98 Å². The summed E-state index contributed by atoms with van der Waals surface area (Å²) in [6, 6.07) is 23.7. The number of para-hydroxylation sites is 1. The molecule has 4 aromatic rings. The monoisotopic (exact) mass is 478 g/mol. The molecule has 162 valence electrons. The molecule has 0 aliphatic carbocycles. The SMILES string of the molecule is Cc1ccc2nc(NC(=O)C(C)Sc3cccc(NC(=S)Nc4ccccc4)c3)sc2c1. The summed E-state index contributed by atoms with van der Waals surface area (Å²) in [6.45, 7) is 3.93. The Labute approximate surface area is 200 Å². The molecule has 0 bridgehead atoms. The highest BCUT2D eigenvalue weighted by molar-refractivity contribution is 8.00. The molecule has 5 nitrogen and oxygen atoms in total. The molecule has 0 fully saturated rings. The lowest BCUT2D eigenvalue weighted by Gasteiger charge is -2.13. The van der Waals surface area contributed by atoms with Gasteiger partial charge in [-0.1, -0.05) is 41.7 Å². The van der Waals surface area contributed by atoms with Crippen molar-refractivity contribution >= 4 is 73.1 Å². The predicted octanol–water partition coefficient (Wildman–Crippen LogP) is 6.53. The van der Waals surface area contributed by atoms with E-state index in [1.165, 1.54) is 28.7 Å². The molecule has 0 spiro atoms. The number of hydrogen-bond acceptors (Lipinski definition) is 5. The van der Waals surface area contributed by atoms with Gasteiger partial charge in [0.1, 0.15) is 0 Å². The molecule has 32 heavy (non-hydrogen) atoms. The molecule has 3 N–H and O–H groups in total. The van der Waals surface area contributed by atoms with Crippen molar-refractivity contribution in [2.45, 2.75) is 24.0 Å². The van der Waals surface area contributed by atoms with Crippen LogP contribution >= 0.6 is 35.3 Å². The summed E-state index contributed by atoms with van der Waals surface area (Å²) in [6.07, 6.45) is 0. The van der Waals surface area contributed by atoms with Gasteiger partial charge >= 0.3 is 0 Å². The summed E-state index contributed by atoms with van der Waals surface area (Å²) in [5.74, 6) is -0.0783. The lowest BCUT2D eigenvalue weighted by molar-refractivity contribution is -0.115. The fourth-order valence-corrected chi connectivity index (χ4v) is 5.14. The second-order valence-electron chi connectivity index (χ2n) is 7.21. The number of aromatic nitrogens is 1. The highest BCUT2D eigenvalue weighted by Crippen LogP contribution is 2.29. The fraction of sp³-hybridized carbons (Fsp3) is 0.125. The quantitative estimate of drug-likeness (QED) is 0.216. The molecular weight excluding hydrogens is 456 g/mol. The third kappa shape index (κ3) is 5.85. The lowest BCUT2D eigenvalue weighted by atomic mass is 10.2. The van der Waals surface area contributed by atoms with Crippen LogP contribution in [0.2, 0.25) is 0 Å². The number of carbonyl (C=O) groups excluding carboxylic acids is 1. The van der Waals surface area contributed by atoms with Crippen LogP contribution in [0, 0.1) is 6.92 Å². The van der Waals surface area contributed by atoms with Crippen LogP contribution in [-0.2, 0) is 4.79 Å². The molecule has 8 heteroatoms. The molecule has 1 heterocycles. The van der Waals surface area contributed by atoms with Gasteiger partial charge in [0.2, 0.25) is 5.91 Å². The van der Waals surface area contributed by atoms with Gasteiger partial charge in [-0.3, -0.25) is 4.79 Å². The Morgan fingerprint density at radius 1 is 0.969 bits per heavy atom. The van der Waals surface area contributed by atoms with Crippen LogP contribution in [-0.4, -0.2) is 21.3 Å². The van der Waals surface area contributed by atoms with E-state index in [9.17, 15) is 4.79 Å². The van der Waals surface area contributed by atoms with Crippen molar-refractivity contribution in [1.82, 2.24) is 4.98 Å². The molecule has 0 radical (unpaired) electrons. The first kappa shape index (κ1) is 22.3. The number of anilines is 3. The molecule has 1 unspecified atom stereocenters. The predicted molar refractivity (Wildman–Crippen MR) is 141 cm³/mol. The minimum Gasteiger partial charge on any atom is -0.332 e. The van der Waals surface area contributed by atoms with E-state index in [1.807, 2.05) is 80.6 Å². The van der Waals surface area contributed by atoms with E-state index in [0.717, 1.165) is 26.5 Å². The summed E-state index contributed by atoms with van der Waals surface area (Å²) >= 11 is 8.38. The Bertz CT molecular complexity index is 1260. The summed E-state index contributed by atoms with van der Waals surface area (Å²) in [7, 11) is 0. The number of amides is 1. The van der Waals surface area contributed by atoms with Crippen LogP contribution in [0.15, 0.2) is 77.7 Å². The smallest absolute Gasteiger partial charge is 0.239 e. The van der Waals surface area contributed by atoms with E-state index in [4.69, 9.17) is 12.2 Å². The summed E-state index contributed by atoms with van der Waals surface area (Å²) in [5, 5.41) is 10.1. The van der Waals surface area contributed by atoms with Gasteiger partial charge in [0.05, 0.1) is 15.5 Å². The van der Waals surface area contributed by atoms with Gasteiger partial charge < -0.3 is 16.0 Å².